The fraction of sp³-hybridized carbons (Fsp3) is 0.125. The molecule has 3 N–H and O–H groups in total. The van der Waals surface area contributed by atoms with E-state index >= 15 is 0 Å². The van der Waals surface area contributed by atoms with E-state index in [-0.39, 0.29) is 29.0 Å². The van der Waals surface area contributed by atoms with Gasteiger partial charge in [0.05, 0.1) is 16.0 Å². The van der Waals surface area contributed by atoms with Gasteiger partial charge in [-0.3, -0.25) is 9.59 Å². The number of hydrogen-bond donors (Lipinski definition) is 3. The Balaban J connectivity index is 1.66. The number of phenolic OH excluding ortho intramolecular Hbond substituents is 1. The SMILES string of the molecule is O=C(CC1Sc2ccccc2NC1=O)Nc1ccc(O)c(Cl)c1. The van der Waals surface area contributed by atoms with Gasteiger partial charge in [-0.15, -0.1) is 11.8 Å². The zero-order valence-corrected chi connectivity index (χ0v) is 13.4. The molecule has 23 heavy (non-hydrogen) atoms. The molecule has 0 bridgehead atoms. The largest absolute Gasteiger partial charge is 0.506 e. The molecule has 0 aliphatic carbocycles. The van der Waals surface area contributed by atoms with Gasteiger partial charge in [0.25, 0.3) is 0 Å². The Labute approximate surface area is 142 Å². The van der Waals surface area contributed by atoms with Gasteiger partial charge in [0.2, 0.25) is 11.8 Å². The van der Waals surface area contributed by atoms with Gasteiger partial charge in [0.1, 0.15) is 5.75 Å². The van der Waals surface area contributed by atoms with Crippen molar-refractivity contribution in [2.24, 2.45) is 0 Å². The minimum Gasteiger partial charge on any atom is -0.506 e. The topological polar surface area (TPSA) is 78.4 Å². The fourth-order valence-electron chi connectivity index (χ4n) is 2.19. The first-order chi connectivity index (χ1) is 11.0. The predicted octanol–water partition coefficient (Wildman–Crippen LogP) is 3.49. The third kappa shape index (κ3) is 3.60. The van der Waals surface area contributed by atoms with E-state index in [0.29, 0.717) is 5.69 Å². The molecule has 5 nitrogen and oxygen atoms in total. The summed E-state index contributed by atoms with van der Waals surface area (Å²) in [4.78, 5) is 25.1. The summed E-state index contributed by atoms with van der Waals surface area (Å²) in [7, 11) is 0. The average Bonchev–Trinajstić information content (AvgIpc) is 2.51. The van der Waals surface area contributed by atoms with Gasteiger partial charge in [-0.25, -0.2) is 0 Å². The average molecular weight is 349 g/mol. The maximum atomic E-state index is 12.1. The summed E-state index contributed by atoms with van der Waals surface area (Å²) in [6.45, 7) is 0. The highest BCUT2D eigenvalue weighted by Crippen LogP contribution is 2.36. The van der Waals surface area contributed by atoms with E-state index in [2.05, 4.69) is 10.6 Å². The minimum absolute atomic E-state index is 0.0450. The highest BCUT2D eigenvalue weighted by molar-refractivity contribution is 8.01. The molecular weight excluding hydrogens is 336 g/mol. The number of nitrogens with one attached hydrogen (secondary N) is 2. The van der Waals surface area contributed by atoms with Crippen LogP contribution in [0.4, 0.5) is 11.4 Å². The van der Waals surface area contributed by atoms with E-state index in [1.165, 1.54) is 23.9 Å². The molecule has 2 aromatic rings. The molecule has 1 aliphatic rings. The van der Waals surface area contributed by atoms with E-state index in [9.17, 15) is 14.7 Å². The van der Waals surface area contributed by atoms with Gasteiger partial charge in [0, 0.05) is 17.0 Å². The molecule has 7 heteroatoms. The number of amides is 2. The van der Waals surface area contributed by atoms with Gasteiger partial charge in [-0.1, -0.05) is 23.7 Å². The number of benzene rings is 2. The quantitative estimate of drug-likeness (QED) is 0.742. The van der Waals surface area contributed by atoms with Crippen molar-refractivity contribution >= 4 is 46.6 Å². The first kappa shape index (κ1) is 15.7. The first-order valence-corrected chi connectivity index (χ1v) is 8.13. The summed E-state index contributed by atoms with van der Waals surface area (Å²) in [6.07, 6.45) is 0.0450. The van der Waals surface area contributed by atoms with Crippen LogP contribution in [-0.4, -0.2) is 22.2 Å². The lowest BCUT2D eigenvalue weighted by Crippen LogP contribution is -2.32. The summed E-state index contributed by atoms with van der Waals surface area (Å²) in [5.41, 5.74) is 1.24. The molecule has 0 radical (unpaired) electrons. The molecule has 2 aromatic carbocycles. The Kier molecular flexibility index (Phi) is 4.45. The van der Waals surface area contributed by atoms with Crippen LogP contribution >= 0.6 is 23.4 Å². The second kappa shape index (κ2) is 6.52. The molecule has 3 rings (SSSR count). The Hall–Kier alpha value is -2.18. The molecule has 0 fully saturated rings. The molecule has 118 valence electrons. The van der Waals surface area contributed by atoms with Crippen molar-refractivity contribution in [3.63, 3.8) is 0 Å². The molecule has 0 aromatic heterocycles. The Morgan fingerprint density at radius 3 is 2.87 bits per heavy atom. The maximum absolute atomic E-state index is 12.1. The lowest BCUT2D eigenvalue weighted by Gasteiger charge is -2.23. The summed E-state index contributed by atoms with van der Waals surface area (Å²) in [5, 5.41) is 14.5. The second-order valence-electron chi connectivity index (χ2n) is 5.01. The molecule has 1 heterocycles. The van der Waals surface area contributed by atoms with Crippen molar-refractivity contribution in [2.45, 2.75) is 16.6 Å². The molecule has 0 saturated carbocycles. The second-order valence-corrected chi connectivity index (χ2v) is 6.66. The number of fused-ring (bicyclic) bond motifs is 1. The van der Waals surface area contributed by atoms with Crippen molar-refractivity contribution in [3.8, 4) is 5.75 Å². The molecule has 0 spiro atoms. The van der Waals surface area contributed by atoms with E-state index in [4.69, 9.17) is 11.6 Å². The van der Waals surface area contributed by atoms with Gasteiger partial charge in [-0.05, 0) is 30.3 Å². The van der Waals surface area contributed by atoms with Gasteiger partial charge in [-0.2, -0.15) is 0 Å². The van der Waals surface area contributed by atoms with Crippen molar-refractivity contribution < 1.29 is 14.7 Å². The van der Waals surface area contributed by atoms with Crippen molar-refractivity contribution in [3.05, 3.63) is 47.5 Å². The lowest BCUT2D eigenvalue weighted by molar-refractivity contribution is -0.120. The third-order valence-electron chi connectivity index (χ3n) is 3.31. The Bertz CT molecular complexity index is 782. The van der Waals surface area contributed by atoms with E-state index < -0.39 is 5.25 Å². The van der Waals surface area contributed by atoms with Crippen LogP contribution < -0.4 is 10.6 Å². The van der Waals surface area contributed by atoms with Crippen molar-refractivity contribution in [2.75, 3.05) is 10.6 Å². The standard InChI is InChI=1S/C16H13ClN2O3S/c17-10-7-9(5-6-12(10)20)18-15(21)8-14-16(22)19-11-3-1-2-4-13(11)23-14/h1-7,14,20H,8H2,(H,18,21)(H,19,22). The highest BCUT2D eigenvalue weighted by Gasteiger charge is 2.28. The van der Waals surface area contributed by atoms with Crippen LogP contribution in [0.5, 0.6) is 5.75 Å². The van der Waals surface area contributed by atoms with Crippen LogP contribution in [0.1, 0.15) is 6.42 Å². The van der Waals surface area contributed by atoms with Crippen molar-refractivity contribution in [1.82, 2.24) is 0 Å². The Morgan fingerprint density at radius 2 is 2.09 bits per heavy atom. The summed E-state index contributed by atoms with van der Waals surface area (Å²) in [6, 6.07) is 11.9. The van der Waals surface area contributed by atoms with E-state index in [1.54, 1.807) is 6.07 Å². The van der Waals surface area contributed by atoms with Crippen LogP contribution in [0.15, 0.2) is 47.4 Å². The van der Waals surface area contributed by atoms with E-state index in [1.807, 2.05) is 24.3 Å². The first-order valence-electron chi connectivity index (χ1n) is 6.88. The molecule has 1 aliphatic heterocycles. The number of para-hydroxylation sites is 1. The summed E-state index contributed by atoms with van der Waals surface area (Å²) < 4.78 is 0. The number of hydrogen-bond acceptors (Lipinski definition) is 4. The van der Waals surface area contributed by atoms with Gasteiger partial charge in [0.15, 0.2) is 0 Å². The molecule has 0 saturated heterocycles. The number of carbonyl (C=O) groups excluding carboxylic acids is 2. The normalized spacial score (nSPS) is 16.4. The zero-order valence-electron chi connectivity index (χ0n) is 11.9. The molecule has 1 unspecified atom stereocenters. The van der Waals surface area contributed by atoms with Crippen LogP contribution in [-0.2, 0) is 9.59 Å². The minimum atomic E-state index is -0.488. The summed E-state index contributed by atoms with van der Waals surface area (Å²) >= 11 is 7.17. The van der Waals surface area contributed by atoms with Crippen LogP contribution in [0, 0.1) is 0 Å². The number of aromatic hydroxyl groups is 1. The maximum Gasteiger partial charge on any atom is 0.238 e. The van der Waals surface area contributed by atoms with Crippen LogP contribution in [0.2, 0.25) is 5.02 Å². The molecule has 1 atom stereocenters. The monoisotopic (exact) mass is 348 g/mol. The number of halogens is 1. The van der Waals surface area contributed by atoms with Gasteiger partial charge >= 0.3 is 0 Å². The fourth-order valence-corrected chi connectivity index (χ4v) is 3.48. The summed E-state index contributed by atoms with van der Waals surface area (Å²) in [5.74, 6) is -0.533. The Morgan fingerprint density at radius 1 is 1.30 bits per heavy atom. The number of thioether (sulfide) groups is 1. The highest BCUT2D eigenvalue weighted by atomic mass is 35.5. The smallest absolute Gasteiger partial charge is 0.238 e. The molecule has 2 amide bonds. The number of carbonyl (C=O) groups is 2. The molecular formula is C16H13ClN2O3S. The number of phenols is 1. The van der Waals surface area contributed by atoms with Crippen LogP contribution in [0.3, 0.4) is 0 Å². The van der Waals surface area contributed by atoms with E-state index in [0.717, 1.165) is 10.6 Å². The van der Waals surface area contributed by atoms with Crippen LogP contribution in [0.25, 0.3) is 0 Å². The predicted molar refractivity (Wildman–Crippen MR) is 91.1 cm³/mol. The zero-order chi connectivity index (χ0) is 16.4. The van der Waals surface area contributed by atoms with Crippen molar-refractivity contribution in [1.29, 1.82) is 0 Å². The van der Waals surface area contributed by atoms with Gasteiger partial charge < -0.3 is 15.7 Å². The number of rotatable bonds is 3. The third-order valence-corrected chi connectivity index (χ3v) is 4.89. The number of anilines is 2. The lowest BCUT2D eigenvalue weighted by atomic mass is 10.2.